The first-order valence-corrected chi connectivity index (χ1v) is 6.64. The zero-order valence-corrected chi connectivity index (χ0v) is 12.3. The summed E-state index contributed by atoms with van der Waals surface area (Å²) in [6, 6.07) is 1.13. The molecule has 1 N–H and O–H groups in total. The van der Waals surface area contributed by atoms with Gasteiger partial charge < -0.3 is 9.84 Å². The molecule has 0 amide bonds. The van der Waals surface area contributed by atoms with Gasteiger partial charge in [-0.25, -0.2) is 4.98 Å². The van der Waals surface area contributed by atoms with Crippen LogP contribution in [-0.4, -0.2) is 22.4 Å². The lowest BCUT2D eigenvalue weighted by molar-refractivity contribution is -0.275. The Kier molecular flexibility index (Phi) is 5.20. The second kappa shape index (κ2) is 6.04. The van der Waals surface area contributed by atoms with Crippen LogP contribution in [0.15, 0.2) is 6.07 Å². The van der Waals surface area contributed by atoms with E-state index in [1.807, 2.05) is 22.6 Å². The molecule has 0 aromatic carbocycles. The van der Waals surface area contributed by atoms with Crippen LogP contribution in [0.5, 0.6) is 5.75 Å². The van der Waals surface area contributed by atoms with Gasteiger partial charge in [0.25, 0.3) is 0 Å². The molecule has 1 rings (SSSR count). The van der Waals surface area contributed by atoms with E-state index in [4.69, 9.17) is 5.11 Å². The van der Waals surface area contributed by atoms with Crippen molar-refractivity contribution in [3.05, 3.63) is 21.0 Å². The average molecular weight is 440 g/mol. The molecule has 0 fully saturated rings. The summed E-state index contributed by atoms with van der Waals surface area (Å²) in [6.45, 7) is 0. The van der Waals surface area contributed by atoms with Crippen molar-refractivity contribution in [3.8, 4) is 5.75 Å². The maximum absolute atomic E-state index is 12.2. The van der Waals surface area contributed by atoms with Crippen molar-refractivity contribution >= 4 is 44.5 Å². The van der Waals surface area contributed by atoms with Gasteiger partial charge in [-0.15, -0.1) is 13.2 Å². The van der Waals surface area contributed by atoms with Crippen molar-refractivity contribution in [2.75, 3.05) is 0 Å². The van der Waals surface area contributed by atoms with E-state index in [1.165, 1.54) is 0 Å². The second-order valence-corrected chi connectivity index (χ2v) is 4.72. The van der Waals surface area contributed by atoms with Gasteiger partial charge in [0.05, 0.1) is 12.1 Å². The molecule has 0 unspecified atom stereocenters. The third-order valence-electron chi connectivity index (χ3n) is 1.78. The molecule has 9 heteroatoms. The largest absolute Gasteiger partial charge is 0.573 e. The summed E-state index contributed by atoms with van der Waals surface area (Å²) in [7, 11) is 0. The zero-order chi connectivity index (χ0) is 13.9. The Morgan fingerprint density at radius 2 is 2.17 bits per heavy atom. The van der Waals surface area contributed by atoms with E-state index >= 15 is 0 Å². The molecule has 0 aliphatic carbocycles. The molecule has 0 radical (unpaired) electrons. The number of alkyl halides is 4. The predicted molar refractivity (Wildman–Crippen MR) is 67.6 cm³/mol. The van der Waals surface area contributed by atoms with E-state index in [1.54, 1.807) is 0 Å². The lowest BCUT2D eigenvalue weighted by Gasteiger charge is -2.13. The first-order valence-electron chi connectivity index (χ1n) is 4.44. The molecule has 1 aromatic heterocycles. The van der Waals surface area contributed by atoms with Crippen LogP contribution in [0, 0.1) is 3.70 Å². The number of carboxylic acids is 1. The molecule has 0 saturated carbocycles. The highest BCUT2D eigenvalue weighted by Gasteiger charge is 2.33. The van der Waals surface area contributed by atoms with Gasteiger partial charge in [-0.1, -0.05) is 15.9 Å². The van der Waals surface area contributed by atoms with Crippen molar-refractivity contribution in [3.63, 3.8) is 0 Å². The Morgan fingerprint density at radius 1 is 1.56 bits per heavy atom. The van der Waals surface area contributed by atoms with Crippen LogP contribution < -0.4 is 4.74 Å². The summed E-state index contributed by atoms with van der Waals surface area (Å²) in [5.41, 5.74) is 0.234. The van der Waals surface area contributed by atoms with Gasteiger partial charge in [0, 0.05) is 5.33 Å². The number of hydrogen-bond acceptors (Lipinski definition) is 3. The Hall–Kier alpha value is -0.580. The molecule has 1 heterocycles. The Bertz CT molecular complexity index is 467. The third kappa shape index (κ3) is 4.59. The van der Waals surface area contributed by atoms with Crippen LogP contribution in [0.25, 0.3) is 0 Å². The van der Waals surface area contributed by atoms with Gasteiger partial charge in [0.1, 0.15) is 3.70 Å². The molecule has 0 aliphatic heterocycles. The molecule has 0 bridgehead atoms. The molecule has 1 aromatic rings. The van der Waals surface area contributed by atoms with Gasteiger partial charge in [-0.2, -0.15) is 0 Å². The summed E-state index contributed by atoms with van der Waals surface area (Å²) in [5.74, 6) is -1.86. The summed E-state index contributed by atoms with van der Waals surface area (Å²) in [6.07, 6.45) is -5.52. The zero-order valence-electron chi connectivity index (χ0n) is 8.59. The van der Waals surface area contributed by atoms with E-state index in [2.05, 4.69) is 25.7 Å². The number of halogens is 5. The summed E-state index contributed by atoms with van der Waals surface area (Å²) in [4.78, 5) is 14.4. The Balaban J connectivity index is 3.21. The first-order chi connectivity index (χ1) is 8.23. The number of rotatable bonds is 4. The van der Waals surface area contributed by atoms with Crippen molar-refractivity contribution < 1.29 is 27.8 Å². The average Bonchev–Trinajstić information content (AvgIpc) is 2.19. The number of hydrogen-bond donors (Lipinski definition) is 1. The fourth-order valence-electron chi connectivity index (χ4n) is 1.12. The highest BCUT2D eigenvalue weighted by atomic mass is 127. The quantitative estimate of drug-likeness (QED) is 0.445. The summed E-state index contributed by atoms with van der Waals surface area (Å²) >= 11 is 4.92. The van der Waals surface area contributed by atoms with E-state index in [0.29, 0.717) is 14.6 Å². The van der Waals surface area contributed by atoms with Crippen molar-refractivity contribution in [1.29, 1.82) is 0 Å². The van der Waals surface area contributed by atoms with E-state index in [0.717, 1.165) is 6.07 Å². The SMILES string of the molecule is O=C(O)Cc1nc(I)c(CBr)cc1OC(F)(F)F. The molecule has 100 valence electrons. The Morgan fingerprint density at radius 3 is 2.61 bits per heavy atom. The van der Waals surface area contributed by atoms with Crippen LogP contribution in [0.3, 0.4) is 0 Å². The summed E-state index contributed by atoms with van der Waals surface area (Å²) < 4.78 is 40.8. The molecule has 18 heavy (non-hydrogen) atoms. The maximum atomic E-state index is 12.2. The minimum atomic E-state index is -4.88. The number of carboxylic acid groups (broad SMARTS) is 1. The van der Waals surface area contributed by atoms with Crippen LogP contribution in [-0.2, 0) is 16.5 Å². The smallest absolute Gasteiger partial charge is 0.481 e. The second-order valence-electron chi connectivity index (χ2n) is 3.14. The predicted octanol–water partition coefficient (Wildman–Crippen LogP) is 3.11. The van der Waals surface area contributed by atoms with Gasteiger partial charge in [-0.05, 0) is 34.2 Å². The molecule has 0 atom stereocenters. The minimum absolute atomic E-state index is 0.256. The van der Waals surface area contributed by atoms with Crippen LogP contribution >= 0.6 is 38.5 Å². The number of pyridine rings is 1. The van der Waals surface area contributed by atoms with E-state index in [9.17, 15) is 18.0 Å². The monoisotopic (exact) mass is 439 g/mol. The van der Waals surface area contributed by atoms with Crippen molar-refractivity contribution in [2.45, 2.75) is 18.1 Å². The number of ether oxygens (including phenoxy) is 1. The molecular weight excluding hydrogens is 434 g/mol. The highest BCUT2D eigenvalue weighted by Crippen LogP contribution is 2.29. The topological polar surface area (TPSA) is 59.4 Å². The summed E-state index contributed by atoms with van der Waals surface area (Å²) in [5, 5.41) is 8.91. The van der Waals surface area contributed by atoms with Gasteiger partial charge in [-0.3, -0.25) is 4.79 Å². The Labute approximate surface area is 122 Å². The standard InChI is InChI=1S/C9H6BrF3INO3/c10-3-4-1-6(18-9(11,12)13)5(2-7(16)17)15-8(4)14/h1H,2-3H2,(H,16,17). The van der Waals surface area contributed by atoms with E-state index < -0.39 is 24.5 Å². The van der Waals surface area contributed by atoms with E-state index in [-0.39, 0.29) is 5.69 Å². The number of aliphatic carboxylic acids is 1. The molecule has 0 aliphatic rings. The fourth-order valence-corrected chi connectivity index (χ4v) is 2.71. The first kappa shape index (κ1) is 15.5. The number of aromatic nitrogens is 1. The third-order valence-corrected chi connectivity index (χ3v) is 3.31. The molecule has 0 saturated heterocycles. The van der Waals surface area contributed by atoms with Crippen LogP contribution in [0.2, 0.25) is 0 Å². The lowest BCUT2D eigenvalue weighted by atomic mass is 10.2. The van der Waals surface area contributed by atoms with Gasteiger partial charge in [0.2, 0.25) is 0 Å². The maximum Gasteiger partial charge on any atom is 0.573 e. The fraction of sp³-hybridized carbons (Fsp3) is 0.333. The molecule has 4 nitrogen and oxygen atoms in total. The van der Waals surface area contributed by atoms with Gasteiger partial charge in [0.15, 0.2) is 5.75 Å². The molecule has 0 spiro atoms. The van der Waals surface area contributed by atoms with Crippen LogP contribution in [0.4, 0.5) is 13.2 Å². The number of nitrogens with zero attached hydrogens (tertiary/aromatic N) is 1. The molecular formula is C9H6BrF3INO3. The van der Waals surface area contributed by atoms with Crippen molar-refractivity contribution in [2.24, 2.45) is 0 Å². The van der Waals surface area contributed by atoms with Crippen molar-refractivity contribution in [1.82, 2.24) is 4.98 Å². The normalized spacial score (nSPS) is 11.4. The van der Waals surface area contributed by atoms with Crippen LogP contribution in [0.1, 0.15) is 11.3 Å². The minimum Gasteiger partial charge on any atom is -0.481 e. The van der Waals surface area contributed by atoms with Gasteiger partial charge >= 0.3 is 12.3 Å². The lowest BCUT2D eigenvalue weighted by Crippen LogP contribution is -2.20. The number of carbonyl (C=O) groups is 1. The highest BCUT2D eigenvalue weighted by molar-refractivity contribution is 14.1.